The molecule has 1 aromatic rings. The van der Waals surface area contributed by atoms with E-state index in [1.807, 2.05) is 11.5 Å². The molecule has 0 saturated carbocycles. The van der Waals surface area contributed by atoms with Crippen molar-refractivity contribution in [2.45, 2.75) is 58.0 Å². The fourth-order valence-electron chi connectivity index (χ4n) is 1.85. The predicted octanol–water partition coefficient (Wildman–Crippen LogP) is 1.92. The van der Waals surface area contributed by atoms with E-state index in [9.17, 15) is 8.42 Å². The van der Waals surface area contributed by atoms with Crippen LogP contribution < -0.4 is 5.14 Å². The minimum atomic E-state index is -3.70. The van der Waals surface area contributed by atoms with Crippen molar-refractivity contribution >= 4 is 10.0 Å². The van der Waals surface area contributed by atoms with Gasteiger partial charge in [-0.3, -0.25) is 0 Å². The summed E-state index contributed by atoms with van der Waals surface area (Å²) in [5, 5.41) is 5.09. The molecule has 0 fully saturated rings. The lowest BCUT2D eigenvalue weighted by atomic mass is 10.1. The highest BCUT2D eigenvalue weighted by molar-refractivity contribution is 7.89. The van der Waals surface area contributed by atoms with Crippen molar-refractivity contribution in [3.63, 3.8) is 0 Å². The van der Waals surface area contributed by atoms with Gasteiger partial charge in [0.1, 0.15) is 5.82 Å². The van der Waals surface area contributed by atoms with Gasteiger partial charge < -0.3 is 4.57 Å². The molecule has 6 heteroatoms. The molecule has 104 valence electrons. The number of imidazole rings is 1. The molecular weight excluding hydrogens is 250 g/mol. The summed E-state index contributed by atoms with van der Waals surface area (Å²) in [4.78, 5) is 4.12. The molecule has 0 spiro atoms. The van der Waals surface area contributed by atoms with Crippen LogP contribution in [-0.2, 0) is 23.0 Å². The maximum Gasteiger partial charge on any atom is 0.257 e. The largest absolute Gasteiger partial charge is 0.333 e. The maximum atomic E-state index is 11.3. The van der Waals surface area contributed by atoms with Gasteiger partial charge in [0.2, 0.25) is 0 Å². The van der Waals surface area contributed by atoms with Gasteiger partial charge in [0.15, 0.2) is 5.03 Å². The zero-order valence-electron chi connectivity index (χ0n) is 11.4. The second-order valence-corrected chi connectivity index (χ2v) is 6.53. The predicted molar refractivity (Wildman–Crippen MR) is 71.7 cm³/mol. The molecule has 1 heterocycles. The van der Waals surface area contributed by atoms with Crippen LogP contribution in [0, 0.1) is 5.92 Å². The lowest BCUT2D eigenvalue weighted by Crippen LogP contribution is -2.12. The van der Waals surface area contributed by atoms with E-state index in [4.69, 9.17) is 5.14 Å². The first-order chi connectivity index (χ1) is 8.34. The van der Waals surface area contributed by atoms with E-state index in [1.165, 1.54) is 0 Å². The van der Waals surface area contributed by atoms with Gasteiger partial charge >= 0.3 is 0 Å². The molecule has 0 saturated heterocycles. The Hall–Kier alpha value is -0.880. The second-order valence-electron chi connectivity index (χ2n) is 5.02. The Morgan fingerprint density at radius 2 is 2.11 bits per heavy atom. The van der Waals surface area contributed by atoms with Crippen molar-refractivity contribution in [1.82, 2.24) is 9.55 Å². The van der Waals surface area contributed by atoms with Crippen molar-refractivity contribution in [1.29, 1.82) is 0 Å². The molecule has 0 radical (unpaired) electrons. The first kappa shape index (κ1) is 15.2. The SMILES string of the molecule is CCCc1nc(S(N)(=O)=O)cn1CCCC(C)C. The zero-order valence-corrected chi connectivity index (χ0v) is 12.2. The van der Waals surface area contributed by atoms with E-state index in [1.54, 1.807) is 6.20 Å². The summed E-state index contributed by atoms with van der Waals surface area (Å²) in [6.07, 6.45) is 5.41. The van der Waals surface area contributed by atoms with E-state index < -0.39 is 10.0 Å². The van der Waals surface area contributed by atoms with E-state index in [-0.39, 0.29) is 5.03 Å². The van der Waals surface area contributed by atoms with Gasteiger partial charge in [0.25, 0.3) is 10.0 Å². The molecule has 0 atom stereocenters. The lowest BCUT2D eigenvalue weighted by Gasteiger charge is -2.08. The number of rotatable bonds is 7. The summed E-state index contributed by atoms with van der Waals surface area (Å²) in [6, 6.07) is 0. The van der Waals surface area contributed by atoms with Crippen LogP contribution in [0.2, 0.25) is 0 Å². The first-order valence-corrected chi connectivity index (χ1v) is 7.98. The van der Waals surface area contributed by atoms with Gasteiger partial charge in [0.05, 0.1) is 0 Å². The smallest absolute Gasteiger partial charge is 0.257 e. The molecule has 18 heavy (non-hydrogen) atoms. The van der Waals surface area contributed by atoms with E-state index >= 15 is 0 Å². The van der Waals surface area contributed by atoms with Crippen LogP contribution in [0.3, 0.4) is 0 Å². The second kappa shape index (κ2) is 6.33. The third-order valence-corrected chi connectivity index (χ3v) is 3.56. The van der Waals surface area contributed by atoms with E-state index in [2.05, 4.69) is 18.8 Å². The third kappa shape index (κ3) is 4.42. The molecule has 1 rings (SSSR count). The van der Waals surface area contributed by atoms with Crippen LogP contribution in [-0.4, -0.2) is 18.0 Å². The monoisotopic (exact) mass is 273 g/mol. The fourth-order valence-corrected chi connectivity index (χ4v) is 2.36. The van der Waals surface area contributed by atoms with E-state index in [0.717, 1.165) is 38.1 Å². The number of primary sulfonamides is 1. The fraction of sp³-hybridized carbons (Fsp3) is 0.750. The molecule has 5 nitrogen and oxygen atoms in total. The quantitative estimate of drug-likeness (QED) is 0.824. The topological polar surface area (TPSA) is 78.0 Å². The van der Waals surface area contributed by atoms with Gasteiger partial charge in [-0.05, 0) is 25.2 Å². The normalized spacial score (nSPS) is 12.3. The summed E-state index contributed by atoms with van der Waals surface area (Å²) in [5.41, 5.74) is 0. The third-order valence-electron chi connectivity index (χ3n) is 2.78. The number of aromatic nitrogens is 2. The molecule has 2 N–H and O–H groups in total. The number of nitrogens with zero attached hydrogens (tertiary/aromatic N) is 2. The minimum absolute atomic E-state index is 0.0181. The van der Waals surface area contributed by atoms with Gasteiger partial charge in [-0.25, -0.2) is 18.5 Å². The molecule has 0 aliphatic carbocycles. The number of aryl methyl sites for hydroxylation is 2. The van der Waals surface area contributed by atoms with Crippen molar-refractivity contribution in [2.24, 2.45) is 11.1 Å². The van der Waals surface area contributed by atoms with Gasteiger partial charge in [0, 0.05) is 19.2 Å². The molecule has 0 bridgehead atoms. The number of nitrogens with two attached hydrogens (primary N) is 1. The first-order valence-electron chi connectivity index (χ1n) is 6.43. The number of hydrogen-bond donors (Lipinski definition) is 1. The van der Waals surface area contributed by atoms with Crippen molar-refractivity contribution in [3.05, 3.63) is 12.0 Å². The summed E-state index contributed by atoms with van der Waals surface area (Å²) >= 11 is 0. The lowest BCUT2D eigenvalue weighted by molar-refractivity contribution is 0.502. The molecular formula is C12H23N3O2S. The van der Waals surface area contributed by atoms with Crippen LogP contribution in [0.15, 0.2) is 11.2 Å². The van der Waals surface area contributed by atoms with Crippen LogP contribution in [0.25, 0.3) is 0 Å². The van der Waals surface area contributed by atoms with Crippen LogP contribution in [0.1, 0.15) is 45.9 Å². The Labute approximate surface area is 109 Å². The Kier molecular flexibility index (Phi) is 5.34. The highest BCUT2D eigenvalue weighted by atomic mass is 32.2. The summed E-state index contributed by atoms with van der Waals surface area (Å²) in [6.45, 7) is 7.20. The standard InChI is InChI=1S/C12H23N3O2S/c1-4-6-11-14-12(18(13,16)17)9-15(11)8-5-7-10(2)3/h9-10H,4-8H2,1-3H3,(H2,13,16,17). The average molecular weight is 273 g/mol. The molecule has 1 aromatic heterocycles. The van der Waals surface area contributed by atoms with Crippen LogP contribution >= 0.6 is 0 Å². The molecule has 0 aliphatic rings. The number of hydrogen-bond acceptors (Lipinski definition) is 3. The summed E-state index contributed by atoms with van der Waals surface area (Å²) in [5.74, 6) is 1.46. The maximum absolute atomic E-state index is 11.3. The van der Waals surface area contributed by atoms with Crippen LogP contribution in [0.5, 0.6) is 0 Å². The summed E-state index contributed by atoms with van der Waals surface area (Å²) in [7, 11) is -3.70. The van der Waals surface area contributed by atoms with Gasteiger partial charge in [-0.15, -0.1) is 0 Å². The summed E-state index contributed by atoms with van der Waals surface area (Å²) < 4.78 is 24.5. The highest BCUT2D eigenvalue weighted by Crippen LogP contribution is 2.12. The van der Waals surface area contributed by atoms with Crippen molar-refractivity contribution in [3.8, 4) is 0 Å². The van der Waals surface area contributed by atoms with Crippen LogP contribution in [0.4, 0.5) is 0 Å². The van der Waals surface area contributed by atoms with Gasteiger partial charge in [-0.1, -0.05) is 20.8 Å². The molecule has 0 amide bonds. The van der Waals surface area contributed by atoms with Gasteiger partial charge in [-0.2, -0.15) is 0 Å². The minimum Gasteiger partial charge on any atom is -0.333 e. The van der Waals surface area contributed by atoms with E-state index in [0.29, 0.717) is 5.92 Å². The Balaban J connectivity index is 2.84. The zero-order chi connectivity index (χ0) is 13.8. The molecule has 0 unspecified atom stereocenters. The van der Waals surface area contributed by atoms with Crippen molar-refractivity contribution in [2.75, 3.05) is 0 Å². The van der Waals surface area contributed by atoms with Crippen molar-refractivity contribution < 1.29 is 8.42 Å². The Morgan fingerprint density at radius 1 is 1.44 bits per heavy atom. The Bertz CT molecular complexity index is 478. The Morgan fingerprint density at radius 3 is 2.61 bits per heavy atom. The average Bonchev–Trinajstić information content (AvgIpc) is 2.61. The highest BCUT2D eigenvalue weighted by Gasteiger charge is 2.15. The molecule has 0 aromatic carbocycles. The molecule has 0 aliphatic heterocycles. The number of sulfonamides is 1.